The third-order valence-electron chi connectivity index (χ3n) is 8.31. The second-order valence-electron chi connectivity index (χ2n) is 11.5. The molecule has 4 rings (SSSR count). The third kappa shape index (κ3) is 8.05. The van der Waals surface area contributed by atoms with Gasteiger partial charge in [0.05, 0.1) is 5.39 Å². The Morgan fingerprint density at radius 1 is 0.575 bits per heavy atom. The van der Waals surface area contributed by atoms with Crippen LogP contribution in [0.15, 0.2) is 63.8 Å². The maximum absolute atomic E-state index is 15.4. The zero-order chi connectivity index (χ0) is 28.2. The molecule has 1 aromatic heterocycles. The van der Waals surface area contributed by atoms with Crippen LogP contribution in [-0.4, -0.2) is 0 Å². The van der Waals surface area contributed by atoms with E-state index in [1.54, 1.807) is 0 Å². The number of benzene rings is 3. The first-order valence-electron chi connectivity index (χ1n) is 15.9. The molecule has 4 aromatic rings. The molecule has 214 valence electrons. The van der Waals surface area contributed by atoms with Gasteiger partial charge in [-0.05, 0) is 54.0 Å². The van der Waals surface area contributed by atoms with Crippen LogP contribution >= 0.6 is 0 Å². The summed E-state index contributed by atoms with van der Waals surface area (Å²) >= 11 is 0. The summed E-state index contributed by atoms with van der Waals surface area (Å²) in [5.41, 5.74) is 3.63. The van der Waals surface area contributed by atoms with Crippen molar-refractivity contribution in [2.24, 2.45) is 0 Å². The van der Waals surface area contributed by atoms with Crippen molar-refractivity contribution in [3.63, 3.8) is 0 Å². The summed E-state index contributed by atoms with van der Waals surface area (Å²) in [6.45, 7) is 4.48. The first-order chi connectivity index (χ1) is 19.6. The predicted octanol–water partition coefficient (Wildman–Crippen LogP) is 11.3. The molecule has 1 heterocycles. The van der Waals surface area contributed by atoms with E-state index in [9.17, 15) is 4.79 Å². The van der Waals surface area contributed by atoms with E-state index >= 15 is 4.39 Å². The molecular weight excluding hydrogens is 495 g/mol. The Labute approximate surface area is 240 Å². The number of aryl methyl sites for hydroxylation is 2. The minimum Gasteiger partial charge on any atom is -0.419 e. The molecule has 0 unspecified atom stereocenters. The number of hydrogen-bond donors (Lipinski definition) is 0. The lowest BCUT2D eigenvalue weighted by molar-refractivity contribution is 0.521. The Bertz CT molecular complexity index is 1400. The smallest absolute Gasteiger partial charge is 0.344 e. The number of unbranched alkanes of at least 4 members (excludes halogenated alkanes) is 12. The van der Waals surface area contributed by atoms with E-state index in [4.69, 9.17) is 4.42 Å². The van der Waals surface area contributed by atoms with E-state index in [-0.39, 0.29) is 11.4 Å². The summed E-state index contributed by atoms with van der Waals surface area (Å²) in [4.78, 5) is 13.0. The van der Waals surface area contributed by atoms with Gasteiger partial charge in [-0.1, -0.05) is 139 Å². The van der Waals surface area contributed by atoms with Gasteiger partial charge in [-0.15, -0.1) is 0 Å². The topological polar surface area (TPSA) is 30.2 Å². The first-order valence-corrected chi connectivity index (χ1v) is 15.9. The Kier molecular flexibility index (Phi) is 11.8. The summed E-state index contributed by atoms with van der Waals surface area (Å²) < 4.78 is 21.0. The quantitative estimate of drug-likeness (QED) is 0.0754. The Balaban J connectivity index is 1.41. The first kappa shape index (κ1) is 30.0. The zero-order valence-corrected chi connectivity index (χ0v) is 24.7. The maximum Gasteiger partial charge on any atom is 0.344 e. The molecule has 0 saturated heterocycles. The summed E-state index contributed by atoms with van der Waals surface area (Å²) in [5, 5.41) is 1.90. The molecule has 0 spiro atoms. The van der Waals surface area contributed by atoms with Crippen LogP contribution in [0.1, 0.15) is 115 Å². The van der Waals surface area contributed by atoms with Crippen molar-refractivity contribution < 1.29 is 8.81 Å². The average Bonchev–Trinajstić information content (AvgIpc) is 2.98. The van der Waals surface area contributed by atoms with E-state index in [1.807, 2.05) is 30.3 Å². The van der Waals surface area contributed by atoms with Crippen LogP contribution < -0.4 is 5.63 Å². The standard InChI is InChI=1S/C37H47FO2/c1-3-5-7-9-11-13-15-17-28-19-21-29(22-20-28)31-24-25-32-33-26-23-30(18-16-14-12-10-8-6-4-2)35(38)36(33)40-37(39)34(32)27-31/h19-27H,3-18H2,1-2H3. The molecule has 0 fully saturated rings. The van der Waals surface area contributed by atoms with Crippen molar-refractivity contribution >= 4 is 21.7 Å². The molecular formula is C37H47FO2. The predicted molar refractivity (Wildman–Crippen MR) is 169 cm³/mol. The van der Waals surface area contributed by atoms with Gasteiger partial charge < -0.3 is 4.42 Å². The van der Waals surface area contributed by atoms with Crippen molar-refractivity contribution in [3.8, 4) is 11.1 Å². The van der Waals surface area contributed by atoms with Crippen LogP contribution in [0.25, 0.3) is 32.9 Å². The highest BCUT2D eigenvalue weighted by Gasteiger charge is 2.15. The molecule has 0 saturated carbocycles. The van der Waals surface area contributed by atoms with Gasteiger partial charge in [-0.25, -0.2) is 9.18 Å². The van der Waals surface area contributed by atoms with E-state index in [1.165, 1.54) is 82.6 Å². The third-order valence-corrected chi connectivity index (χ3v) is 8.31. The molecule has 2 nitrogen and oxygen atoms in total. The van der Waals surface area contributed by atoms with Gasteiger partial charge in [0, 0.05) is 10.8 Å². The molecule has 0 amide bonds. The monoisotopic (exact) mass is 542 g/mol. The fourth-order valence-corrected chi connectivity index (χ4v) is 5.80. The molecule has 0 aliphatic heterocycles. The number of fused-ring (bicyclic) bond motifs is 3. The van der Waals surface area contributed by atoms with Gasteiger partial charge >= 0.3 is 5.63 Å². The normalized spacial score (nSPS) is 11.6. The molecule has 0 radical (unpaired) electrons. The Morgan fingerprint density at radius 2 is 1.12 bits per heavy atom. The summed E-state index contributed by atoms with van der Waals surface area (Å²) in [6, 6.07) is 18.3. The minimum atomic E-state index is -0.480. The van der Waals surface area contributed by atoms with Crippen molar-refractivity contribution in [1.82, 2.24) is 0 Å². The molecule has 0 aliphatic rings. The second kappa shape index (κ2) is 15.7. The molecule has 0 atom stereocenters. The van der Waals surface area contributed by atoms with Crippen LogP contribution in [0.4, 0.5) is 4.39 Å². The van der Waals surface area contributed by atoms with E-state index in [0.717, 1.165) is 35.8 Å². The lowest BCUT2D eigenvalue weighted by atomic mass is 9.97. The number of hydrogen-bond acceptors (Lipinski definition) is 2. The van der Waals surface area contributed by atoms with E-state index in [0.29, 0.717) is 22.8 Å². The molecule has 0 N–H and O–H groups in total. The average molecular weight is 543 g/mol. The lowest BCUT2D eigenvalue weighted by Crippen LogP contribution is -2.03. The van der Waals surface area contributed by atoms with Crippen LogP contribution in [0.3, 0.4) is 0 Å². The van der Waals surface area contributed by atoms with Crippen molar-refractivity contribution in [2.45, 2.75) is 117 Å². The summed E-state index contributed by atoms with van der Waals surface area (Å²) in [6.07, 6.45) is 19.3. The van der Waals surface area contributed by atoms with Crippen LogP contribution in [0.2, 0.25) is 0 Å². The van der Waals surface area contributed by atoms with E-state index < -0.39 is 5.63 Å². The summed E-state index contributed by atoms with van der Waals surface area (Å²) in [5.74, 6) is -0.386. The van der Waals surface area contributed by atoms with Gasteiger partial charge in [-0.2, -0.15) is 0 Å². The van der Waals surface area contributed by atoms with Crippen molar-refractivity contribution in [2.75, 3.05) is 0 Å². The van der Waals surface area contributed by atoms with Gasteiger partial charge in [0.15, 0.2) is 11.4 Å². The summed E-state index contributed by atoms with van der Waals surface area (Å²) in [7, 11) is 0. The van der Waals surface area contributed by atoms with Gasteiger partial charge in [0.2, 0.25) is 0 Å². The second-order valence-corrected chi connectivity index (χ2v) is 11.5. The lowest BCUT2D eigenvalue weighted by Gasteiger charge is -2.10. The van der Waals surface area contributed by atoms with Gasteiger partial charge in [-0.3, -0.25) is 0 Å². The highest BCUT2D eigenvalue weighted by Crippen LogP contribution is 2.31. The minimum absolute atomic E-state index is 0.0837. The molecule has 0 aliphatic carbocycles. The Morgan fingerprint density at radius 3 is 1.77 bits per heavy atom. The highest BCUT2D eigenvalue weighted by molar-refractivity contribution is 6.05. The number of rotatable bonds is 17. The van der Waals surface area contributed by atoms with Crippen LogP contribution in [0.5, 0.6) is 0 Å². The fraction of sp³-hybridized carbons (Fsp3) is 0.486. The van der Waals surface area contributed by atoms with Crippen molar-refractivity contribution in [1.29, 1.82) is 0 Å². The molecule has 3 aromatic carbocycles. The van der Waals surface area contributed by atoms with Crippen LogP contribution in [-0.2, 0) is 12.8 Å². The van der Waals surface area contributed by atoms with Crippen LogP contribution in [0, 0.1) is 5.82 Å². The SMILES string of the molecule is CCCCCCCCCc1ccc(-c2ccc3c(c2)c(=O)oc2c(F)c(CCCCCCCCC)ccc23)cc1. The van der Waals surface area contributed by atoms with Gasteiger partial charge in [0.25, 0.3) is 0 Å². The van der Waals surface area contributed by atoms with Crippen molar-refractivity contribution in [3.05, 3.63) is 82.0 Å². The largest absolute Gasteiger partial charge is 0.419 e. The van der Waals surface area contributed by atoms with E-state index in [2.05, 4.69) is 38.1 Å². The fourth-order valence-electron chi connectivity index (χ4n) is 5.80. The zero-order valence-electron chi connectivity index (χ0n) is 24.7. The molecule has 3 heteroatoms. The molecule has 0 bridgehead atoms. The Hall–Kier alpha value is -2.94. The maximum atomic E-state index is 15.4. The highest BCUT2D eigenvalue weighted by atomic mass is 19.1. The number of halogens is 1. The molecule has 40 heavy (non-hydrogen) atoms. The van der Waals surface area contributed by atoms with Gasteiger partial charge in [0.1, 0.15) is 0 Å².